The number of imide groups is 2. The summed E-state index contributed by atoms with van der Waals surface area (Å²) in [5.41, 5.74) is 1.95. The molecule has 2 aliphatic rings. The normalized spacial score (nSPS) is 15.8. The molecule has 2 aliphatic heterocycles. The second-order valence-electron chi connectivity index (χ2n) is 17.7. The fraction of sp³-hybridized carbons (Fsp3) is 0.275. The fourth-order valence-corrected chi connectivity index (χ4v) is 7.89. The second-order valence-corrected chi connectivity index (χ2v) is 17.7. The Labute approximate surface area is 403 Å². The van der Waals surface area contributed by atoms with E-state index in [2.05, 4.69) is 17.1 Å². The summed E-state index contributed by atoms with van der Waals surface area (Å²) in [6, 6.07) is 29.9. The number of rotatable bonds is 16. The van der Waals surface area contributed by atoms with E-state index in [9.17, 15) is 49.7 Å². The van der Waals surface area contributed by atoms with E-state index in [1.165, 1.54) is 30.7 Å². The van der Waals surface area contributed by atoms with E-state index < -0.39 is 85.2 Å². The number of pyridine rings is 1. The third kappa shape index (κ3) is 10.1. The van der Waals surface area contributed by atoms with E-state index in [1.807, 2.05) is 6.07 Å². The summed E-state index contributed by atoms with van der Waals surface area (Å²) in [6.45, 7) is 3.64. The van der Waals surface area contributed by atoms with Gasteiger partial charge in [-0.05, 0) is 110 Å². The Hall–Kier alpha value is -8.65. The van der Waals surface area contributed by atoms with Crippen molar-refractivity contribution in [1.82, 2.24) is 34.7 Å². The SMILES string of the molecule is CN1C(=O)N(CC(COc2ccc(-c3cccc(C#N)c3)cc2)N(O)C(=O)C(=O)N(O)C(COc2ccc(-c3ccc(C#N)cc3)cc2)CN2C(=O)N(Cc3cccnc3)C(C)(C)C2=O)C(=O)C1(C)C. The average molecular weight is 948 g/mol. The second kappa shape index (κ2) is 20.3. The molecule has 2 fully saturated rings. The van der Waals surface area contributed by atoms with Crippen molar-refractivity contribution >= 4 is 35.7 Å². The number of nitrogens with zero attached hydrogens (tertiary/aromatic N) is 9. The minimum atomic E-state index is -1.72. The topological polar surface area (TPSA) is 241 Å². The van der Waals surface area contributed by atoms with Crippen molar-refractivity contribution in [3.8, 4) is 45.9 Å². The maximum absolute atomic E-state index is 14.1. The van der Waals surface area contributed by atoms with Crippen LogP contribution in [0.25, 0.3) is 22.3 Å². The highest BCUT2D eigenvalue weighted by Gasteiger charge is 2.53. The van der Waals surface area contributed by atoms with Crippen LogP contribution >= 0.6 is 0 Å². The number of hydroxylamine groups is 4. The average Bonchev–Trinajstić information content (AvgIpc) is 3.63. The summed E-state index contributed by atoms with van der Waals surface area (Å²) >= 11 is 0. The standard InChI is InChI=1S/C51H49N9O10/c1-50(2)46(63)56(48(65)55(50)5)29-40(31-69-43-21-17-38(18-22-43)39-10-6-8-34(24-39)26-53)59(67)44(61)45(62)60(68)41(32-70-42-19-15-37(16-20-42)36-13-11-33(25-52)12-14-36)30-57-47(64)51(3,4)58(49(57)66)28-35-9-7-23-54-27-35/h6-24,27,40-41,67-68H,28-32H2,1-5H3. The van der Waals surface area contributed by atoms with Crippen molar-refractivity contribution in [2.75, 3.05) is 33.4 Å². The molecule has 2 saturated heterocycles. The first-order valence-corrected chi connectivity index (χ1v) is 22.0. The number of nitriles is 2. The number of likely N-dealkylation sites (N-methyl/N-ethyl adjacent to an activating group) is 1. The van der Waals surface area contributed by atoms with Gasteiger partial charge in [-0.1, -0.05) is 54.6 Å². The third-order valence-electron chi connectivity index (χ3n) is 12.4. The summed E-state index contributed by atoms with van der Waals surface area (Å²) in [5.74, 6) is -4.30. The first kappa shape index (κ1) is 49.3. The molecule has 0 spiro atoms. The summed E-state index contributed by atoms with van der Waals surface area (Å²) in [5, 5.41) is 41.7. The number of carbonyl (C=O) groups excluding carboxylic acids is 6. The number of urea groups is 2. The highest BCUT2D eigenvalue weighted by Crippen LogP contribution is 2.32. The zero-order chi connectivity index (χ0) is 50.5. The molecule has 0 bridgehead atoms. The fourth-order valence-electron chi connectivity index (χ4n) is 7.89. The third-order valence-corrected chi connectivity index (χ3v) is 12.4. The highest BCUT2D eigenvalue weighted by atomic mass is 16.5. The van der Waals surface area contributed by atoms with Crippen LogP contribution in [0.1, 0.15) is 44.4 Å². The predicted molar refractivity (Wildman–Crippen MR) is 249 cm³/mol. The molecule has 70 heavy (non-hydrogen) atoms. The van der Waals surface area contributed by atoms with Crippen molar-refractivity contribution in [3.63, 3.8) is 0 Å². The molecule has 3 heterocycles. The van der Waals surface area contributed by atoms with Gasteiger partial charge in [0, 0.05) is 19.4 Å². The van der Waals surface area contributed by atoms with Crippen LogP contribution < -0.4 is 9.47 Å². The predicted octanol–water partition coefficient (Wildman–Crippen LogP) is 5.71. The van der Waals surface area contributed by atoms with Gasteiger partial charge in [-0.2, -0.15) is 10.5 Å². The lowest BCUT2D eigenvalue weighted by atomic mass is 10.0. The Morgan fingerprint density at radius 2 is 1.13 bits per heavy atom. The van der Waals surface area contributed by atoms with Gasteiger partial charge in [0.2, 0.25) is 0 Å². The van der Waals surface area contributed by atoms with Crippen LogP contribution in [0.2, 0.25) is 0 Å². The van der Waals surface area contributed by atoms with E-state index in [0.29, 0.717) is 16.7 Å². The van der Waals surface area contributed by atoms with Crippen LogP contribution in [0, 0.1) is 22.7 Å². The first-order valence-electron chi connectivity index (χ1n) is 22.0. The van der Waals surface area contributed by atoms with Crippen molar-refractivity contribution in [2.45, 2.75) is 57.4 Å². The number of amides is 8. The molecule has 4 aromatic carbocycles. The molecular formula is C51H49N9O10. The van der Waals surface area contributed by atoms with Crippen molar-refractivity contribution in [2.24, 2.45) is 0 Å². The molecule has 5 aromatic rings. The maximum Gasteiger partial charge on any atom is 0.338 e. The molecule has 2 unspecified atom stereocenters. The Balaban J connectivity index is 1.13. The zero-order valence-electron chi connectivity index (χ0n) is 38.9. The van der Waals surface area contributed by atoms with Crippen LogP contribution in [0.5, 0.6) is 11.5 Å². The molecule has 358 valence electrons. The van der Waals surface area contributed by atoms with Crippen LogP contribution in [0.3, 0.4) is 0 Å². The van der Waals surface area contributed by atoms with Gasteiger partial charge in [0.05, 0.1) is 42.9 Å². The van der Waals surface area contributed by atoms with Gasteiger partial charge < -0.3 is 19.3 Å². The van der Waals surface area contributed by atoms with Crippen molar-refractivity contribution in [3.05, 3.63) is 138 Å². The van der Waals surface area contributed by atoms with E-state index in [1.54, 1.807) is 129 Å². The summed E-state index contributed by atoms with van der Waals surface area (Å²) < 4.78 is 12.0. The van der Waals surface area contributed by atoms with Gasteiger partial charge >= 0.3 is 23.9 Å². The van der Waals surface area contributed by atoms with Gasteiger partial charge in [-0.15, -0.1) is 0 Å². The van der Waals surface area contributed by atoms with Gasteiger partial charge in [-0.25, -0.2) is 19.7 Å². The Kier molecular flexibility index (Phi) is 14.3. The molecule has 2 N–H and O–H groups in total. The molecular weight excluding hydrogens is 899 g/mol. The largest absolute Gasteiger partial charge is 0.491 e. The molecule has 0 radical (unpaired) electrons. The number of hydrogen-bond donors (Lipinski definition) is 2. The van der Waals surface area contributed by atoms with E-state index >= 15 is 0 Å². The van der Waals surface area contributed by atoms with E-state index in [0.717, 1.165) is 32.1 Å². The summed E-state index contributed by atoms with van der Waals surface area (Å²) in [4.78, 5) is 91.3. The van der Waals surface area contributed by atoms with Crippen LogP contribution in [-0.4, -0.2) is 137 Å². The molecule has 0 saturated carbocycles. The van der Waals surface area contributed by atoms with Crippen LogP contribution in [0.15, 0.2) is 122 Å². The lowest BCUT2D eigenvalue weighted by Crippen LogP contribution is -2.57. The van der Waals surface area contributed by atoms with Crippen molar-refractivity contribution in [1.29, 1.82) is 10.5 Å². The minimum absolute atomic E-state index is 0.00674. The number of carbonyl (C=O) groups is 6. The number of benzene rings is 4. The summed E-state index contributed by atoms with van der Waals surface area (Å²) in [7, 11) is 1.41. The minimum Gasteiger partial charge on any atom is -0.491 e. The van der Waals surface area contributed by atoms with Gasteiger partial charge in [-0.3, -0.25) is 44.4 Å². The molecule has 2 atom stereocenters. The maximum atomic E-state index is 14.1. The van der Waals surface area contributed by atoms with Crippen LogP contribution in [0.4, 0.5) is 9.59 Å². The Morgan fingerprint density at radius 1 is 0.643 bits per heavy atom. The Morgan fingerprint density at radius 3 is 1.60 bits per heavy atom. The molecule has 0 aliphatic carbocycles. The number of aromatic nitrogens is 1. The molecule has 19 nitrogen and oxygen atoms in total. The Bertz CT molecular complexity index is 2880. The lowest BCUT2D eigenvalue weighted by Gasteiger charge is -2.31. The smallest absolute Gasteiger partial charge is 0.338 e. The van der Waals surface area contributed by atoms with Gasteiger partial charge in [0.1, 0.15) is 47.9 Å². The summed E-state index contributed by atoms with van der Waals surface area (Å²) in [6.07, 6.45) is 3.10. The van der Waals surface area contributed by atoms with Crippen molar-refractivity contribution < 1.29 is 48.7 Å². The van der Waals surface area contributed by atoms with Crippen LogP contribution in [-0.2, 0) is 25.7 Å². The lowest BCUT2D eigenvalue weighted by molar-refractivity contribution is -0.204. The number of hydrogen-bond acceptors (Lipinski definition) is 13. The highest BCUT2D eigenvalue weighted by molar-refractivity contribution is 6.34. The van der Waals surface area contributed by atoms with E-state index in [4.69, 9.17) is 9.47 Å². The molecule has 8 amide bonds. The zero-order valence-corrected chi connectivity index (χ0v) is 38.9. The first-order chi connectivity index (χ1) is 33.3. The van der Waals surface area contributed by atoms with Gasteiger partial charge in [0.25, 0.3) is 11.8 Å². The molecule has 19 heteroatoms. The molecule has 1 aromatic heterocycles. The molecule has 7 rings (SSSR count). The number of ether oxygens (including phenoxy) is 2. The van der Waals surface area contributed by atoms with E-state index in [-0.39, 0.29) is 28.2 Å². The quantitative estimate of drug-likeness (QED) is 0.0523. The monoisotopic (exact) mass is 947 g/mol. The van der Waals surface area contributed by atoms with Gasteiger partial charge in [0.15, 0.2) is 0 Å².